The molecule has 0 spiro atoms. The van der Waals surface area contributed by atoms with Gasteiger partial charge in [0, 0.05) is 6.42 Å². The van der Waals surface area contributed by atoms with Crippen molar-refractivity contribution in [3.8, 4) is 0 Å². The minimum absolute atomic E-state index is 0.537. The third-order valence-corrected chi connectivity index (χ3v) is 1.89. The van der Waals surface area contributed by atoms with E-state index in [9.17, 15) is 4.89 Å². The lowest BCUT2D eigenvalue weighted by atomic mass is 10.4. The molecular weight excluding hydrogens is 135 g/mol. The fourth-order valence-electron chi connectivity index (χ4n) is 0.414. The Bertz CT molecular complexity index is 91.1. The maximum Gasteiger partial charge on any atom is 0.216 e. The summed E-state index contributed by atoms with van der Waals surface area (Å²) in [7, 11) is -1.46. The Morgan fingerprint density at radius 3 is 2.67 bits per heavy atom. The highest BCUT2D eigenvalue weighted by Gasteiger charge is 1.91. The molecule has 0 bridgehead atoms. The van der Waals surface area contributed by atoms with Gasteiger partial charge in [0.1, 0.15) is 5.80 Å². The molecule has 54 valence electrons. The quantitative estimate of drug-likeness (QED) is 0.563. The molecule has 2 nitrogen and oxygen atoms in total. The van der Waals surface area contributed by atoms with Crippen LogP contribution in [0.1, 0.15) is 26.7 Å². The van der Waals surface area contributed by atoms with Gasteiger partial charge in [-0.1, -0.05) is 6.92 Å². The van der Waals surface area contributed by atoms with Gasteiger partial charge < -0.3 is 4.89 Å². The smallest absolute Gasteiger partial charge is 0.216 e. The number of rotatable bonds is 4. The number of hydrogen-bond acceptors (Lipinski definition) is 2. The predicted octanol–water partition coefficient (Wildman–Crippen LogP) is 1.30. The summed E-state index contributed by atoms with van der Waals surface area (Å²) in [5.74, 6) is 1.72. The highest BCUT2D eigenvalue weighted by molar-refractivity contribution is 7.44. The topological polar surface area (TPSA) is 32.3 Å². The minimum Gasteiger partial charge on any atom is -0.603 e. The van der Waals surface area contributed by atoms with Gasteiger partial charge in [0.15, 0.2) is 0 Å². The van der Waals surface area contributed by atoms with Crippen LogP contribution in [0.2, 0.25) is 0 Å². The first kappa shape index (κ1) is 9.09. The van der Waals surface area contributed by atoms with E-state index >= 15 is 0 Å². The van der Waals surface area contributed by atoms with Crippen LogP contribution in [0.25, 0.3) is 0 Å². The van der Waals surface area contributed by atoms with Crippen molar-refractivity contribution in [2.45, 2.75) is 26.7 Å². The van der Waals surface area contributed by atoms with Crippen molar-refractivity contribution in [2.75, 3.05) is 6.61 Å². The van der Waals surface area contributed by atoms with Gasteiger partial charge in [0.05, 0.1) is 6.61 Å². The molecule has 0 aliphatic carbocycles. The van der Waals surface area contributed by atoms with Crippen LogP contribution < -0.4 is 4.89 Å². The molecule has 0 aliphatic heterocycles. The lowest BCUT2D eigenvalue weighted by Crippen LogP contribution is -1.93. The van der Waals surface area contributed by atoms with Gasteiger partial charge in [-0.15, -0.1) is 0 Å². The summed E-state index contributed by atoms with van der Waals surface area (Å²) in [5, 5.41) is 0. The molecule has 9 heavy (non-hydrogen) atoms. The second-order valence-electron chi connectivity index (χ2n) is 1.67. The Labute approximate surface area is 57.4 Å². The van der Waals surface area contributed by atoms with Gasteiger partial charge in [-0.05, 0) is 13.3 Å². The molecule has 3 heteroatoms. The molecule has 0 heterocycles. The van der Waals surface area contributed by atoms with E-state index in [1.807, 2.05) is 13.8 Å². The van der Waals surface area contributed by atoms with Crippen molar-refractivity contribution >= 4 is 13.8 Å². The van der Waals surface area contributed by atoms with Crippen molar-refractivity contribution in [3.63, 3.8) is 0 Å². The first-order valence-electron chi connectivity index (χ1n) is 3.23. The number of unbranched alkanes of at least 4 members (excludes halogenated alkanes) is 1. The summed E-state index contributed by atoms with van der Waals surface area (Å²) in [6.45, 7) is 4.42. The van der Waals surface area contributed by atoms with E-state index < -0.39 is 8.00 Å². The molecule has 1 atom stereocenters. The molecule has 0 saturated carbocycles. The van der Waals surface area contributed by atoms with Crippen LogP contribution >= 0.6 is 8.00 Å². The predicted molar refractivity (Wildman–Crippen MR) is 39.5 cm³/mol. The second kappa shape index (κ2) is 6.21. The summed E-state index contributed by atoms with van der Waals surface area (Å²) in [6.07, 6.45) is 1.92. The Hall–Kier alpha value is 0.0900. The summed E-state index contributed by atoms with van der Waals surface area (Å²) in [4.78, 5) is 10.7. The zero-order valence-corrected chi connectivity index (χ0v) is 6.86. The molecule has 0 aromatic heterocycles. The molecule has 0 saturated heterocycles. The fraction of sp³-hybridized carbons (Fsp3) is 0.833. The molecule has 1 unspecified atom stereocenters. The van der Waals surface area contributed by atoms with E-state index in [0.29, 0.717) is 6.61 Å². The molecule has 0 aromatic carbocycles. The van der Waals surface area contributed by atoms with E-state index in [1.165, 1.54) is 0 Å². The van der Waals surface area contributed by atoms with Gasteiger partial charge in [-0.25, -0.2) is 0 Å². The van der Waals surface area contributed by atoms with Crippen LogP contribution in [0, 0.1) is 0 Å². The molecule has 0 amide bonds. The Morgan fingerprint density at radius 1 is 1.56 bits per heavy atom. The van der Waals surface area contributed by atoms with Crippen LogP contribution in [0.5, 0.6) is 0 Å². The van der Waals surface area contributed by atoms with Crippen LogP contribution in [0.15, 0.2) is 0 Å². The minimum atomic E-state index is -1.46. The van der Waals surface area contributed by atoms with Gasteiger partial charge >= 0.3 is 0 Å². The van der Waals surface area contributed by atoms with Crippen molar-refractivity contribution in [1.82, 2.24) is 0 Å². The maximum atomic E-state index is 10.7. The van der Waals surface area contributed by atoms with Gasteiger partial charge in [-0.3, -0.25) is 0 Å². The van der Waals surface area contributed by atoms with Crippen molar-refractivity contribution in [3.05, 3.63) is 0 Å². The summed E-state index contributed by atoms with van der Waals surface area (Å²) in [5.41, 5.74) is 0. The van der Waals surface area contributed by atoms with Gasteiger partial charge in [0.2, 0.25) is 8.00 Å². The summed E-state index contributed by atoms with van der Waals surface area (Å²) < 4.78 is 4.80. The van der Waals surface area contributed by atoms with Crippen LogP contribution in [-0.2, 0) is 4.52 Å². The number of hydrogen-bond donors (Lipinski definition) is 0. The van der Waals surface area contributed by atoms with Crippen LogP contribution in [-0.4, -0.2) is 12.4 Å². The fourth-order valence-corrected chi connectivity index (χ4v) is 1.24. The van der Waals surface area contributed by atoms with Crippen LogP contribution in [0.4, 0.5) is 0 Å². The standard InChI is InChI=1S/C6H13O2P/c1-3-5-6-9(7)8-4-2/h6H,3-5H2,1-2H3. The Kier molecular flexibility index (Phi) is 6.28. The lowest BCUT2D eigenvalue weighted by Gasteiger charge is -1.92. The monoisotopic (exact) mass is 148 g/mol. The van der Waals surface area contributed by atoms with E-state index in [0.717, 1.165) is 12.8 Å². The average Bonchev–Trinajstić information content (AvgIpc) is 1.85. The van der Waals surface area contributed by atoms with Crippen molar-refractivity contribution < 1.29 is 9.42 Å². The zero-order valence-electron chi connectivity index (χ0n) is 5.96. The van der Waals surface area contributed by atoms with Crippen molar-refractivity contribution in [1.29, 1.82) is 0 Å². The highest BCUT2D eigenvalue weighted by atomic mass is 31.1. The second-order valence-corrected chi connectivity index (χ2v) is 2.87. The van der Waals surface area contributed by atoms with Crippen molar-refractivity contribution in [2.24, 2.45) is 0 Å². The van der Waals surface area contributed by atoms with Crippen LogP contribution in [0.3, 0.4) is 0 Å². The first-order chi connectivity index (χ1) is 4.31. The zero-order chi connectivity index (χ0) is 7.11. The molecule has 0 N–H and O–H groups in total. The molecule has 0 aromatic rings. The Balaban J connectivity index is 3.30. The molecule has 0 fully saturated rings. The average molecular weight is 148 g/mol. The van der Waals surface area contributed by atoms with Gasteiger partial charge in [-0.2, -0.15) is 4.52 Å². The molecule has 0 rings (SSSR count). The van der Waals surface area contributed by atoms with E-state index in [-0.39, 0.29) is 0 Å². The molecular formula is C6H13O2P. The normalized spacial score (nSPS) is 12.1. The van der Waals surface area contributed by atoms with E-state index in [4.69, 9.17) is 4.52 Å². The summed E-state index contributed by atoms with van der Waals surface area (Å²) >= 11 is 0. The maximum absolute atomic E-state index is 10.7. The largest absolute Gasteiger partial charge is 0.603 e. The Morgan fingerprint density at radius 2 is 2.22 bits per heavy atom. The first-order valence-corrected chi connectivity index (χ1v) is 4.48. The lowest BCUT2D eigenvalue weighted by molar-refractivity contribution is -0.171. The highest BCUT2D eigenvalue weighted by Crippen LogP contribution is 2.10. The third kappa shape index (κ3) is 5.97. The third-order valence-electron chi connectivity index (χ3n) is 0.823. The van der Waals surface area contributed by atoms with E-state index in [1.54, 1.807) is 5.80 Å². The summed E-state index contributed by atoms with van der Waals surface area (Å²) in [6, 6.07) is 0. The SMILES string of the molecule is CCC/C=[P+](\[O-])OCC. The molecule has 0 radical (unpaired) electrons. The van der Waals surface area contributed by atoms with E-state index in [2.05, 4.69) is 0 Å². The van der Waals surface area contributed by atoms with Gasteiger partial charge in [0.25, 0.3) is 0 Å². The molecule has 0 aliphatic rings.